The van der Waals surface area contributed by atoms with Crippen LogP contribution in [0.4, 0.5) is 0 Å². The Morgan fingerprint density at radius 2 is 2.41 bits per heavy atom. The third kappa shape index (κ3) is 2.63. The number of aliphatic hydroxyl groups is 1. The fourth-order valence-electron chi connectivity index (χ4n) is 2.29. The molecule has 0 spiro atoms. The molecule has 17 heavy (non-hydrogen) atoms. The number of aliphatic hydroxyl groups excluding tert-OH is 1. The minimum Gasteiger partial charge on any atom is -0.396 e. The van der Waals surface area contributed by atoms with E-state index in [4.69, 9.17) is 0 Å². The maximum Gasteiger partial charge on any atom is 0.265 e. The predicted octanol–water partition coefficient (Wildman–Crippen LogP) is 0.991. The van der Waals surface area contributed by atoms with E-state index in [1.165, 1.54) is 0 Å². The van der Waals surface area contributed by atoms with Crippen LogP contribution in [-0.4, -0.2) is 33.2 Å². The van der Waals surface area contributed by atoms with Gasteiger partial charge in [0.2, 0.25) is 0 Å². The Morgan fingerprint density at radius 3 is 3.12 bits per heavy atom. The maximum absolute atomic E-state index is 12.0. The summed E-state index contributed by atoms with van der Waals surface area (Å²) in [5.74, 6) is 0.104. The molecule has 0 aromatic carbocycles. The fraction of sp³-hybridized carbons (Fsp3) is 0.727. The van der Waals surface area contributed by atoms with Crippen LogP contribution in [0.25, 0.3) is 0 Å². The van der Waals surface area contributed by atoms with Crippen molar-refractivity contribution in [3.05, 3.63) is 10.6 Å². The lowest BCUT2D eigenvalue weighted by Gasteiger charge is -2.18. The third-order valence-electron chi connectivity index (χ3n) is 3.31. The second kappa shape index (κ2) is 5.55. The summed E-state index contributed by atoms with van der Waals surface area (Å²) in [5.41, 5.74) is 0.756. The number of nitrogens with zero attached hydrogens (tertiary/aromatic N) is 2. The van der Waals surface area contributed by atoms with Crippen LogP contribution in [-0.2, 0) is 6.42 Å². The quantitative estimate of drug-likeness (QED) is 0.841. The predicted molar refractivity (Wildman–Crippen MR) is 65.0 cm³/mol. The van der Waals surface area contributed by atoms with Crippen molar-refractivity contribution in [2.45, 2.75) is 38.6 Å². The molecule has 1 heterocycles. The average molecular weight is 255 g/mol. The standard InChI is InChI=1S/C11H17N3O2S/c1-2-8-10(17-14-13-8)11(16)12-9-5-3-4-7(9)6-15/h7,9,15H,2-6H2,1H3,(H,12,16). The lowest BCUT2D eigenvalue weighted by atomic mass is 10.1. The Hall–Kier alpha value is -1.01. The Morgan fingerprint density at radius 1 is 1.59 bits per heavy atom. The van der Waals surface area contributed by atoms with Crippen LogP contribution in [0.5, 0.6) is 0 Å². The summed E-state index contributed by atoms with van der Waals surface area (Å²) in [6.07, 6.45) is 3.72. The molecule has 1 fully saturated rings. The summed E-state index contributed by atoms with van der Waals surface area (Å²) < 4.78 is 3.81. The number of amides is 1. The number of aromatic nitrogens is 2. The van der Waals surface area contributed by atoms with Crippen molar-refractivity contribution in [1.82, 2.24) is 14.9 Å². The van der Waals surface area contributed by atoms with Gasteiger partial charge in [0.05, 0.1) is 5.69 Å². The van der Waals surface area contributed by atoms with Crippen LogP contribution in [0, 0.1) is 5.92 Å². The van der Waals surface area contributed by atoms with E-state index >= 15 is 0 Å². The van der Waals surface area contributed by atoms with Crippen LogP contribution in [0.2, 0.25) is 0 Å². The molecule has 0 bridgehead atoms. The molecule has 0 aliphatic heterocycles. The molecule has 2 rings (SSSR count). The molecular formula is C11H17N3O2S. The molecule has 0 radical (unpaired) electrons. The molecule has 2 unspecified atom stereocenters. The van der Waals surface area contributed by atoms with E-state index in [1.807, 2.05) is 6.92 Å². The molecule has 1 aromatic rings. The molecule has 5 nitrogen and oxygen atoms in total. The van der Waals surface area contributed by atoms with Gasteiger partial charge in [-0.2, -0.15) is 0 Å². The lowest BCUT2D eigenvalue weighted by molar-refractivity contribution is 0.0919. The monoisotopic (exact) mass is 255 g/mol. The van der Waals surface area contributed by atoms with Crippen LogP contribution >= 0.6 is 11.5 Å². The van der Waals surface area contributed by atoms with Crippen molar-refractivity contribution in [1.29, 1.82) is 0 Å². The van der Waals surface area contributed by atoms with Gasteiger partial charge in [-0.3, -0.25) is 4.79 Å². The van der Waals surface area contributed by atoms with Gasteiger partial charge in [-0.25, -0.2) is 0 Å². The number of nitrogens with one attached hydrogen (secondary N) is 1. The zero-order valence-electron chi connectivity index (χ0n) is 9.85. The highest BCUT2D eigenvalue weighted by Crippen LogP contribution is 2.25. The SMILES string of the molecule is CCc1nnsc1C(=O)NC1CCCC1CO. The van der Waals surface area contributed by atoms with Crippen molar-refractivity contribution in [2.24, 2.45) is 5.92 Å². The molecule has 94 valence electrons. The number of carbonyl (C=O) groups excluding carboxylic acids is 1. The third-order valence-corrected chi connectivity index (χ3v) is 4.07. The van der Waals surface area contributed by atoms with Gasteiger partial charge in [0.15, 0.2) is 0 Å². The number of hydrogen-bond donors (Lipinski definition) is 2. The van der Waals surface area contributed by atoms with E-state index < -0.39 is 0 Å². The topological polar surface area (TPSA) is 75.1 Å². The summed E-state index contributed by atoms with van der Waals surface area (Å²) in [6.45, 7) is 2.10. The highest BCUT2D eigenvalue weighted by molar-refractivity contribution is 7.08. The van der Waals surface area contributed by atoms with Crippen LogP contribution in [0.15, 0.2) is 0 Å². The maximum atomic E-state index is 12.0. The second-order valence-electron chi connectivity index (χ2n) is 4.36. The second-order valence-corrected chi connectivity index (χ2v) is 5.11. The van der Waals surface area contributed by atoms with Gasteiger partial charge in [0.25, 0.3) is 5.91 Å². The van der Waals surface area contributed by atoms with E-state index in [-0.39, 0.29) is 24.5 Å². The molecule has 2 N–H and O–H groups in total. The van der Waals surface area contributed by atoms with Crippen molar-refractivity contribution in [3.8, 4) is 0 Å². The van der Waals surface area contributed by atoms with Crippen LogP contribution in [0.1, 0.15) is 41.6 Å². The molecule has 6 heteroatoms. The minimum atomic E-state index is -0.0952. The summed E-state index contributed by atoms with van der Waals surface area (Å²) in [7, 11) is 0. The molecular weight excluding hydrogens is 238 g/mol. The Balaban J connectivity index is 2.01. The lowest BCUT2D eigenvalue weighted by Crippen LogP contribution is -2.38. The van der Waals surface area contributed by atoms with E-state index in [0.717, 1.165) is 36.5 Å². The van der Waals surface area contributed by atoms with E-state index in [2.05, 4.69) is 14.9 Å². The first-order chi connectivity index (χ1) is 8.26. The molecule has 1 aromatic heterocycles. The van der Waals surface area contributed by atoms with Crippen LogP contribution in [0.3, 0.4) is 0 Å². The van der Waals surface area contributed by atoms with Crippen molar-refractivity contribution < 1.29 is 9.90 Å². The first-order valence-corrected chi connectivity index (χ1v) is 6.76. The number of hydrogen-bond acceptors (Lipinski definition) is 5. The van der Waals surface area contributed by atoms with Gasteiger partial charge < -0.3 is 10.4 Å². The molecule has 1 aliphatic carbocycles. The summed E-state index contributed by atoms with van der Waals surface area (Å²) >= 11 is 1.14. The molecule has 1 aliphatic rings. The van der Waals surface area contributed by atoms with E-state index in [1.54, 1.807) is 0 Å². The number of aryl methyl sites for hydroxylation is 1. The van der Waals surface area contributed by atoms with Gasteiger partial charge in [-0.15, -0.1) is 5.10 Å². The molecule has 1 saturated carbocycles. The zero-order chi connectivity index (χ0) is 12.3. The minimum absolute atomic E-state index is 0.0952. The molecule has 0 saturated heterocycles. The van der Waals surface area contributed by atoms with Crippen LogP contribution < -0.4 is 5.32 Å². The van der Waals surface area contributed by atoms with Crippen molar-refractivity contribution in [2.75, 3.05) is 6.61 Å². The number of rotatable bonds is 4. The van der Waals surface area contributed by atoms with Gasteiger partial charge in [-0.1, -0.05) is 17.8 Å². The van der Waals surface area contributed by atoms with Crippen molar-refractivity contribution in [3.63, 3.8) is 0 Å². The average Bonchev–Trinajstić information content (AvgIpc) is 2.96. The summed E-state index contributed by atoms with van der Waals surface area (Å²) in [6, 6.07) is 0.0966. The normalized spacial score (nSPS) is 23.9. The Bertz CT molecular complexity index is 394. The van der Waals surface area contributed by atoms with Gasteiger partial charge in [0.1, 0.15) is 4.88 Å². The Kier molecular flexibility index (Phi) is 4.06. The highest BCUT2D eigenvalue weighted by atomic mass is 32.1. The highest BCUT2D eigenvalue weighted by Gasteiger charge is 2.29. The van der Waals surface area contributed by atoms with Gasteiger partial charge in [0, 0.05) is 18.6 Å². The summed E-state index contributed by atoms with van der Waals surface area (Å²) in [4.78, 5) is 12.6. The summed E-state index contributed by atoms with van der Waals surface area (Å²) in [5, 5.41) is 16.1. The van der Waals surface area contributed by atoms with Crippen molar-refractivity contribution >= 4 is 17.4 Å². The largest absolute Gasteiger partial charge is 0.396 e. The fourth-order valence-corrected chi connectivity index (χ4v) is 2.95. The zero-order valence-corrected chi connectivity index (χ0v) is 10.7. The Labute approximate surface area is 104 Å². The van der Waals surface area contributed by atoms with E-state index in [0.29, 0.717) is 11.3 Å². The first kappa shape index (κ1) is 12.4. The van der Waals surface area contributed by atoms with Gasteiger partial charge in [-0.05, 0) is 30.8 Å². The van der Waals surface area contributed by atoms with E-state index in [9.17, 15) is 9.90 Å². The molecule has 2 atom stereocenters. The number of carbonyl (C=O) groups is 1. The van der Waals surface area contributed by atoms with Gasteiger partial charge >= 0.3 is 0 Å². The molecule has 1 amide bonds. The first-order valence-electron chi connectivity index (χ1n) is 5.99. The smallest absolute Gasteiger partial charge is 0.265 e.